The highest BCUT2D eigenvalue weighted by Crippen LogP contribution is 2.38. The van der Waals surface area contributed by atoms with Gasteiger partial charge in [-0.25, -0.2) is 9.37 Å². The summed E-state index contributed by atoms with van der Waals surface area (Å²) in [5.74, 6) is -0.892. The monoisotopic (exact) mass is 401 g/mol. The van der Waals surface area contributed by atoms with Crippen LogP contribution >= 0.6 is 0 Å². The number of phenols is 1. The number of nitrogens with one attached hydrogen (secondary N) is 1. The molecule has 3 aromatic carbocycles. The first-order valence-electron chi connectivity index (χ1n) is 9.39. The first-order chi connectivity index (χ1) is 14.5. The van der Waals surface area contributed by atoms with E-state index < -0.39 is 11.9 Å². The van der Waals surface area contributed by atoms with E-state index in [0.717, 1.165) is 17.7 Å². The van der Waals surface area contributed by atoms with Crippen molar-refractivity contribution in [2.24, 2.45) is 0 Å². The molecule has 1 unspecified atom stereocenters. The van der Waals surface area contributed by atoms with Gasteiger partial charge >= 0.3 is 0 Å². The zero-order valence-electron chi connectivity index (χ0n) is 15.7. The molecule has 30 heavy (non-hydrogen) atoms. The lowest BCUT2D eigenvalue weighted by molar-refractivity contribution is 0.0723. The molecule has 0 saturated heterocycles. The summed E-state index contributed by atoms with van der Waals surface area (Å²) in [6.07, 6.45) is 0. The number of aromatic nitrogens is 2. The number of fused-ring (bicyclic) bond motifs is 2. The molecule has 1 aliphatic heterocycles. The van der Waals surface area contributed by atoms with Crippen molar-refractivity contribution in [3.63, 3.8) is 0 Å². The van der Waals surface area contributed by atoms with Crippen LogP contribution in [-0.4, -0.2) is 25.9 Å². The van der Waals surface area contributed by atoms with Crippen molar-refractivity contribution in [3.05, 3.63) is 105 Å². The highest BCUT2D eigenvalue weighted by Gasteiger charge is 2.37. The number of aromatic amines is 1. The number of amides is 1. The molecule has 0 spiro atoms. The van der Waals surface area contributed by atoms with Gasteiger partial charge in [-0.15, -0.1) is 0 Å². The van der Waals surface area contributed by atoms with Gasteiger partial charge < -0.3 is 15.0 Å². The summed E-state index contributed by atoms with van der Waals surface area (Å²) >= 11 is 0. The van der Waals surface area contributed by atoms with Crippen LogP contribution in [-0.2, 0) is 6.54 Å². The van der Waals surface area contributed by atoms with E-state index in [2.05, 4.69) is 9.97 Å². The minimum absolute atomic E-state index is 0.148. The Balaban J connectivity index is 1.74. The normalized spacial score (nSPS) is 14.2. The number of H-pyrrole nitrogens is 1. The van der Waals surface area contributed by atoms with Gasteiger partial charge in [0.1, 0.15) is 23.4 Å². The summed E-state index contributed by atoms with van der Waals surface area (Å²) in [5, 5.41) is 10.9. The maximum atomic E-state index is 14.1. The molecule has 5 rings (SSSR count). The molecule has 7 heteroatoms. The Morgan fingerprint density at radius 1 is 1.03 bits per heavy atom. The fraction of sp³-hybridized carbons (Fsp3) is 0.0870. The van der Waals surface area contributed by atoms with Gasteiger partial charge in [-0.05, 0) is 42.0 Å². The second-order valence-electron chi connectivity index (χ2n) is 7.16. The van der Waals surface area contributed by atoms with Crippen LogP contribution in [0, 0.1) is 5.82 Å². The Morgan fingerprint density at radius 3 is 2.63 bits per heavy atom. The number of carbonyl (C=O) groups excluding carboxylic acids is 1. The van der Waals surface area contributed by atoms with Crippen LogP contribution in [0.5, 0.6) is 5.75 Å². The van der Waals surface area contributed by atoms with Crippen LogP contribution < -0.4 is 5.56 Å². The van der Waals surface area contributed by atoms with E-state index >= 15 is 0 Å². The Kier molecular flexibility index (Phi) is 4.10. The predicted octanol–water partition coefficient (Wildman–Crippen LogP) is 3.51. The fourth-order valence-corrected chi connectivity index (χ4v) is 3.93. The molecule has 148 valence electrons. The summed E-state index contributed by atoms with van der Waals surface area (Å²) in [5.41, 5.74) is 1.56. The van der Waals surface area contributed by atoms with Crippen molar-refractivity contribution in [1.29, 1.82) is 0 Å². The SMILES string of the molecule is O=C1c2ccccc2CN1C(c1nc2ccccc2c(=O)[nH]1)c1cc(F)ccc1O. The highest BCUT2D eigenvalue weighted by molar-refractivity contribution is 5.98. The molecule has 1 aromatic heterocycles. The minimum atomic E-state index is -0.974. The van der Waals surface area contributed by atoms with E-state index in [-0.39, 0.29) is 35.1 Å². The van der Waals surface area contributed by atoms with Gasteiger partial charge in [0.05, 0.1) is 10.9 Å². The molecule has 0 saturated carbocycles. The molecule has 0 fully saturated rings. The number of rotatable bonds is 3. The molecule has 1 amide bonds. The molecule has 0 aliphatic carbocycles. The molecule has 2 heterocycles. The Morgan fingerprint density at radius 2 is 1.80 bits per heavy atom. The Labute approximate surface area is 170 Å². The highest BCUT2D eigenvalue weighted by atomic mass is 19.1. The largest absolute Gasteiger partial charge is 0.508 e. The van der Waals surface area contributed by atoms with Crippen molar-refractivity contribution < 1.29 is 14.3 Å². The summed E-state index contributed by atoms with van der Waals surface area (Å²) in [4.78, 5) is 34.6. The minimum Gasteiger partial charge on any atom is -0.508 e. The zero-order valence-corrected chi connectivity index (χ0v) is 15.7. The molecular weight excluding hydrogens is 385 g/mol. The van der Waals surface area contributed by atoms with Crippen LogP contribution in [0.3, 0.4) is 0 Å². The molecule has 0 radical (unpaired) electrons. The molecule has 1 aliphatic rings. The number of hydrogen-bond acceptors (Lipinski definition) is 4. The van der Waals surface area contributed by atoms with Crippen LogP contribution in [0.1, 0.15) is 33.4 Å². The third-order valence-electron chi connectivity index (χ3n) is 5.34. The van der Waals surface area contributed by atoms with Crippen molar-refractivity contribution in [2.75, 3.05) is 0 Å². The number of hydrogen-bond donors (Lipinski definition) is 2. The lowest BCUT2D eigenvalue weighted by atomic mass is 10.0. The lowest BCUT2D eigenvalue weighted by Crippen LogP contribution is -2.32. The molecule has 0 bridgehead atoms. The van der Waals surface area contributed by atoms with E-state index in [9.17, 15) is 19.1 Å². The van der Waals surface area contributed by atoms with Crippen LogP contribution in [0.15, 0.2) is 71.5 Å². The maximum Gasteiger partial charge on any atom is 0.258 e. The smallest absolute Gasteiger partial charge is 0.258 e. The van der Waals surface area contributed by atoms with Gasteiger partial charge in [-0.2, -0.15) is 0 Å². The number of halogens is 1. The Bertz CT molecular complexity index is 1370. The fourth-order valence-electron chi connectivity index (χ4n) is 3.93. The van der Waals surface area contributed by atoms with Gasteiger partial charge in [-0.1, -0.05) is 30.3 Å². The lowest BCUT2D eigenvalue weighted by Gasteiger charge is -2.28. The van der Waals surface area contributed by atoms with Gasteiger partial charge in [-0.3, -0.25) is 9.59 Å². The molecule has 6 nitrogen and oxygen atoms in total. The number of carbonyl (C=O) groups is 1. The van der Waals surface area contributed by atoms with Crippen molar-refractivity contribution in [3.8, 4) is 5.75 Å². The Hall–Kier alpha value is -4.00. The second kappa shape index (κ2) is 6.81. The van der Waals surface area contributed by atoms with Crippen LogP contribution in [0.2, 0.25) is 0 Å². The summed E-state index contributed by atoms with van der Waals surface area (Å²) in [6, 6.07) is 16.5. The van der Waals surface area contributed by atoms with Crippen molar-refractivity contribution >= 4 is 16.8 Å². The van der Waals surface area contributed by atoms with E-state index in [1.54, 1.807) is 36.4 Å². The number of benzene rings is 3. The average molecular weight is 401 g/mol. The van der Waals surface area contributed by atoms with E-state index in [0.29, 0.717) is 16.5 Å². The number of para-hydroxylation sites is 1. The summed E-state index contributed by atoms with van der Waals surface area (Å²) in [6.45, 7) is 0.242. The zero-order chi connectivity index (χ0) is 20.8. The second-order valence-corrected chi connectivity index (χ2v) is 7.16. The van der Waals surface area contributed by atoms with E-state index in [4.69, 9.17) is 0 Å². The first-order valence-corrected chi connectivity index (χ1v) is 9.39. The number of nitrogens with zero attached hydrogens (tertiary/aromatic N) is 2. The van der Waals surface area contributed by atoms with Crippen LogP contribution in [0.4, 0.5) is 4.39 Å². The van der Waals surface area contributed by atoms with Crippen molar-refractivity contribution in [1.82, 2.24) is 14.9 Å². The predicted molar refractivity (Wildman–Crippen MR) is 109 cm³/mol. The molecule has 1 atom stereocenters. The third-order valence-corrected chi connectivity index (χ3v) is 5.34. The van der Waals surface area contributed by atoms with Gasteiger partial charge in [0.2, 0.25) is 0 Å². The van der Waals surface area contributed by atoms with Gasteiger partial charge in [0.15, 0.2) is 0 Å². The maximum absolute atomic E-state index is 14.1. The van der Waals surface area contributed by atoms with Crippen molar-refractivity contribution in [2.45, 2.75) is 12.6 Å². The van der Waals surface area contributed by atoms with Gasteiger partial charge in [0, 0.05) is 17.7 Å². The number of phenolic OH excluding ortho intramolecular Hbond substituents is 1. The average Bonchev–Trinajstić information content (AvgIpc) is 3.07. The standard InChI is InChI=1S/C23H16FN3O3/c24-14-9-10-19(28)17(11-14)20(27-12-13-5-1-2-6-15(13)23(27)30)21-25-18-8-4-3-7-16(18)22(29)26-21/h1-11,20,28H,12H2,(H,25,26,29). The third kappa shape index (κ3) is 2.83. The van der Waals surface area contributed by atoms with E-state index in [1.807, 2.05) is 12.1 Å². The molecule has 2 N–H and O–H groups in total. The number of aromatic hydroxyl groups is 1. The van der Waals surface area contributed by atoms with Crippen LogP contribution in [0.25, 0.3) is 10.9 Å². The quantitative estimate of drug-likeness (QED) is 0.550. The topological polar surface area (TPSA) is 86.3 Å². The summed E-state index contributed by atoms with van der Waals surface area (Å²) < 4.78 is 14.1. The first kappa shape index (κ1) is 18.1. The molecule has 4 aromatic rings. The molecular formula is C23H16FN3O3. The van der Waals surface area contributed by atoms with Gasteiger partial charge in [0.25, 0.3) is 11.5 Å². The van der Waals surface area contributed by atoms with E-state index in [1.165, 1.54) is 11.0 Å². The summed E-state index contributed by atoms with van der Waals surface area (Å²) in [7, 11) is 0.